The van der Waals surface area contributed by atoms with Gasteiger partial charge in [0.1, 0.15) is 5.82 Å². The fraction of sp³-hybridized carbons (Fsp3) is 0.583. The van der Waals surface area contributed by atoms with Gasteiger partial charge in [-0.3, -0.25) is 0 Å². The largest absolute Gasteiger partial charge is 0.481 e. The number of morpholine rings is 1. The molecule has 1 atom stereocenters. The van der Waals surface area contributed by atoms with Gasteiger partial charge in [0, 0.05) is 25.7 Å². The van der Waals surface area contributed by atoms with Crippen LogP contribution in [0.15, 0.2) is 18.2 Å². The van der Waals surface area contributed by atoms with E-state index in [2.05, 4.69) is 22.2 Å². The molecule has 2 rings (SSSR count). The molecule has 1 N–H and O–H groups in total. The molecule has 1 fully saturated rings. The fourth-order valence-electron chi connectivity index (χ4n) is 1.84. The zero-order valence-electron chi connectivity index (χ0n) is 10.3. The summed E-state index contributed by atoms with van der Waals surface area (Å²) in [6.07, 6.45) is 0.224. The molecular weight excluding hydrogens is 218 g/mol. The summed E-state index contributed by atoms with van der Waals surface area (Å²) in [6.45, 7) is 3.53. The number of aromatic nitrogens is 1. The highest BCUT2D eigenvalue weighted by Gasteiger charge is 2.17. The Hall–Kier alpha value is -1.33. The summed E-state index contributed by atoms with van der Waals surface area (Å²) in [7, 11) is 3.73. The Morgan fingerprint density at radius 1 is 1.59 bits per heavy atom. The normalized spacial score (nSPS) is 21.2. The first-order chi connectivity index (χ1) is 8.28. The number of anilines is 1. The van der Waals surface area contributed by atoms with Gasteiger partial charge >= 0.3 is 0 Å². The number of nitrogens with zero attached hydrogens (tertiary/aromatic N) is 2. The molecule has 5 nitrogen and oxygen atoms in total. The van der Waals surface area contributed by atoms with Crippen LogP contribution in [0.5, 0.6) is 5.88 Å². The highest BCUT2D eigenvalue weighted by molar-refractivity contribution is 5.37. The van der Waals surface area contributed by atoms with E-state index in [9.17, 15) is 0 Å². The van der Waals surface area contributed by atoms with E-state index in [1.807, 2.05) is 18.2 Å². The van der Waals surface area contributed by atoms with Crippen molar-refractivity contribution in [3.8, 4) is 5.88 Å². The minimum absolute atomic E-state index is 0.224. The molecule has 0 bridgehead atoms. The van der Waals surface area contributed by atoms with Crippen molar-refractivity contribution in [2.75, 3.05) is 45.7 Å². The van der Waals surface area contributed by atoms with Crippen LogP contribution in [-0.4, -0.2) is 56.4 Å². The third-order valence-electron chi connectivity index (χ3n) is 2.79. The Balaban J connectivity index is 1.84. The van der Waals surface area contributed by atoms with Crippen molar-refractivity contribution in [2.45, 2.75) is 6.10 Å². The first kappa shape index (κ1) is 12.1. The Morgan fingerprint density at radius 3 is 3.24 bits per heavy atom. The molecule has 1 aliphatic rings. The lowest BCUT2D eigenvalue weighted by Gasteiger charge is -2.30. The van der Waals surface area contributed by atoms with E-state index >= 15 is 0 Å². The molecule has 2 heterocycles. The molecule has 1 unspecified atom stereocenters. The second-order valence-electron chi connectivity index (χ2n) is 4.20. The van der Waals surface area contributed by atoms with Crippen molar-refractivity contribution in [3.05, 3.63) is 18.2 Å². The van der Waals surface area contributed by atoms with Gasteiger partial charge in [0.2, 0.25) is 5.88 Å². The predicted molar refractivity (Wildman–Crippen MR) is 66.5 cm³/mol. The summed E-state index contributed by atoms with van der Waals surface area (Å²) in [6, 6.07) is 5.67. The molecule has 0 saturated carbocycles. The fourth-order valence-corrected chi connectivity index (χ4v) is 1.84. The van der Waals surface area contributed by atoms with Gasteiger partial charge in [-0.05, 0) is 13.1 Å². The van der Waals surface area contributed by atoms with Crippen molar-refractivity contribution in [2.24, 2.45) is 0 Å². The number of methoxy groups -OCH3 is 1. The summed E-state index contributed by atoms with van der Waals surface area (Å²) in [4.78, 5) is 6.56. The van der Waals surface area contributed by atoms with Crippen LogP contribution in [0.1, 0.15) is 0 Å². The molecule has 94 valence electrons. The minimum atomic E-state index is 0.224. The molecule has 0 aliphatic carbocycles. The average Bonchev–Trinajstić information content (AvgIpc) is 2.37. The van der Waals surface area contributed by atoms with Crippen LogP contribution < -0.4 is 10.1 Å². The first-order valence-electron chi connectivity index (χ1n) is 5.83. The SMILES string of the molecule is COc1cccc(NCC2CN(C)CCO2)n1. The molecule has 0 spiro atoms. The van der Waals surface area contributed by atoms with E-state index in [0.717, 1.165) is 32.1 Å². The van der Waals surface area contributed by atoms with Crippen LogP contribution in [-0.2, 0) is 4.74 Å². The highest BCUT2D eigenvalue weighted by Crippen LogP contribution is 2.11. The van der Waals surface area contributed by atoms with Gasteiger partial charge in [0.15, 0.2) is 0 Å². The van der Waals surface area contributed by atoms with E-state index in [1.165, 1.54) is 0 Å². The molecule has 0 aromatic carbocycles. The molecular formula is C12H19N3O2. The van der Waals surface area contributed by atoms with Crippen LogP contribution in [0.3, 0.4) is 0 Å². The van der Waals surface area contributed by atoms with E-state index in [0.29, 0.717) is 5.88 Å². The van der Waals surface area contributed by atoms with Crippen molar-refractivity contribution < 1.29 is 9.47 Å². The van der Waals surface area contributed by atoms with E-state index in [4.69, 9.17) is 9.47 Å². The van der Waals surface area contributed by atoms with Crippen LogP contribution >= 0.6 is 0 Å². The van der Waals surface area contributed by atoms with Crippen molar-refractivity contribution in [1.82, 2.24) is 9.88 Å². The lowest BCUT2D eigenvalue weighted by molar-refractivity contribution is -0.0117. The van der Waals surface area contributed by atoms with Crippen molar-refractivity contribution in [1.29, 1.82) is 0 Å². The van der Waals surface area contributed by atoms with Gasteiger partial charge in [-0.1, -0.05) is 6.07 Å². The Labute approximate surface area is 102 Å². The maximum absolute atomic E-state index is 5.66. The average molecular weight is 237 g/mol. The van der Waals surface area contributed by atoms with Gasteiger partial charge in [-0.15, -0.1) is 0 Å². The minimum Gasteiger partial charge on any atom is -0.481 e. The topological polar surface area (TPSA) is 46.6 Å². The third-order valence-corrected chi connectivity index (χ3v) is 2.79. The lowest BCUT2D eigenvalue weighted by atomic mass is 10.3. The summed E-state index contributed by atoms with van der Waals surface area (Å²) >= 11 is 0. The van der Waals surface area contributed by atoms with E-state index in [-0.39, 0.29) is 6.10 Å². The first-order valence-corrected chi connectivity index (χ1v) is 5.83. The van der Waals surface area contributed by atoms with Crippen LogP contribution in [0.25, 0.3) is 0 Å². The molecule has 1 aromatic rings. The van der Waals surface area contributed by atoms with Crippen molar-refractivity contribution >= 4 is 5.82 Å². The summed E-state index contributed by atoms with van der Waals surface area (Å²) < 4.78 is 10.7. The second kappa shape index (κ2) is 5.84. The number of likely N-dealkylation sites (N-methyl/N-ethyl adjacent to an activating group) is 1. The number of nitrogens with one attached hydrogen (secondary N) is 1. The van der Waals surface area contributed by atoms with Crippen LogP contribution in [0, 0.1) is 0 Å². The van der Waals surface area contributed by atoms with Gasteiger partial charge in [0.05, 0.1) is 19.8 Å². The number of hydrogen-bond donors (Lipinski definition) is 1. The van der Waals surface area contributed by atoms with Gasteiger partial charge in [-0.2, -0.15) is 4.98 Å². The molecule has 5 heteroatoms. The van der Waals surface area contributed by atoms with E-state index in [1.54, 1.807) is 7.11 Å². The molecule has 0 radical (unpaired) electrons. The van der Waals surface area contributed by atoms with Gasteiger partial charge in [0.25, 0.3) is 0 Å². The smallest absolute Gasteiger partial charge is 0.214 e. The number of pyridine rings is 1. The van der Waals surface area contributed by atoms with Gasteiger partial charge < -0.3 is 19.7 Å². The summed E-state index contributed by atoms with van der Waals surface area (Å²) in [5, 5.41) is 3.27. The molecule has 1 saturated heterocycles. The summed E-state index contributed by atoms with van der Waals surface area (Å²) in [5.41, 5.74) is 0. The third kappa shape index (κ3) is 3.57. The van der Waals surface area contributed by atoms with Crippen LogP contribution in [0.4, 0.5) is 5.82 Å². The standard InChI is InChI=1S/C12H19N3O2/c1-15-6-7-17-10(9-15)8-13-11-4-3-5-12(14-11)16-2/h3-5,10H,6-9H2,1-2H3,(H,13,14). The van der Waals surface area contributed by atoms with Gasteiger partial charge in [-0.25, -0.2) is 0 Å². The Bertz CT molecular complexity index is 359. The maximum Gasteiger partial charge on any atom is 0.214 e. The zero-order valence-corrected chi connectivity index (χ0v) is 10.3. The number of rotatable bonds is 4. The highest BCUT2D eigenvalue weighted by atomic mass is 16.5. The Morgan fingerprint density at radius 2 is 2.47 bits per heavy atom. The van der Waals surface area contributed by atoms with E-state index < -0.39 is 0 Å². The predicted octanol–water partition coefficient (Wildman–Crippen LogP) is 0.833. The van der Waals surface area contributed by atoms with Crippen LogP contribution in [0.2, 0.25) is 0 Å². The van der Waals surface area contributed by atoms with Crippen molar-refractivity contribution in [3.63, 3.8) is 0 Å². The Kier molecular flexibility index (Phi) is 4.17. The quantitative estimate of drug-likeness (QED) is 0.840. The number of ether oxygens (including phenoxy) is 2. The summed E-state index contributed by atoms with van der Waals surface area (Å²) in [5.74, 6) is 1.44. The monoisotopic (exact) mass is 237 g/mol. The zero-order chi connectivity index (χ0) is 12.1. The lowest BCUT2D eigenvalue weighted by Crippen LogP contribution is -2.43. The number of hydrogen-bond acceptors (Lipinski definition) is 5. The molecule has 1 aromatic heterocycles. The maximum atomic E-state index is 5.66. The molecule has 1 aliphatic heterocycles. The second-order valence-corrected chi connectivity index (χ2v) is 4.20. The molecule has 17 heavy (non-hydrogen) atoms. The molecule has 0 amide bonds.